The lowest BCUT2D eigenvalue weighted by atomic mass is 10.3. The van der Waals surface area contributed by atoms with Gasteiger partial charge < -0.3 is 5.73 Å². The van der Waals surface area contributed by atoms with Crippen LogP contribution in [0.15, 0.2) is 35.9 Å². The van der Waals surface area contributed by atoms with Crippen LogP contribution < -0.4 is 5.73 Å². The number of nitrogen functional groups attached to an aromatic ring is 1. The van der Waals surface area contributed by atoms with E-state index in [9.17, 15) is 4.91 Å². The van der Waals surface area contributed by atoms with Gasteiger partial charge in [-0.15, -0.1) is 17.3 Å². The van der Waals surface area contributed by atoms with E-state index in [1.54, 1.807) is 12.4 Å². The third-order valence-corrected chi connectivity index (χ3v) is 2.04. The minimum absolute atomic E-state index is 0. The maximum Gasteiger partial charge on any atom is 0.169 e. The molecular formula is C9H10ClN5O. The Balaban J connectivity index is 0.00000128. The SMILES string of the molecule is Cl.Nc1c(N=O)cnn1Cc1ccncc1. The van der Waals surface area contributed by atoms with Gasteiger partial charge in [0.2, 0.25) is 0 Å². The van der Waals surface area contributed by atoms with Gasteiger partial charge >= 0.3 is 0 Å². The van der Waals surface area contributed by atoms with Crippen molar-refractivity contribution in [2.45, 2.75) is 6.54 Å². The summed E-state index contributed by atoms with van der Waals surface area (Å²) in [4.78, 5) is 14.2. The van der Waals surface area contributed by atoms with E-state index in [1.807, 2.05) is 12.1 Å². The van der Waals surface area contributed by atoms with E-state index in [4.69, 9.17) is 5.73 Å². The number of hydrogen-bond donors (Lipinski definition) is 1. The Kier molecular flexibility index (Phi) is 3.96. The molecule has 2 heterocycles. The van der Waals surface area contributed by atoms with Crippen molar-refractivity contribution in [3.8, 4) is 0 Å². The summed E-state index contributed by atoms with van der Waals surface area (Å²) in [7, 11) is 0. The van der Waals surface area contributed by atoms with E-state index < -0.39 is 0 Å². The van der Waals surface area contributed by atoms with Gasteiger partial charge in [0.15, 0.2) is 11.5 Å². The van der Waals surface area contributed by atoms with E-state index in [1.165, 1.54) is 10.9 Å². The zero-order valence-electron chi connectivity index (χ0n) is 8.28. The lowest BCUT2D eigenvalue weighted by molar-refractivity contribution is 0.696. The number of hydrogen-bond acceptors (Lipinski definition) is 5. The van der Waals surface area contributed by atoms with Gasteiger partial charge in [-0.1, -0.05) is 0 Å². The summed E-state index contributed by atoms with van der Waals surface area (Å²) in [6, 6.07) is 3.71. The number of rotatable bonds is 3. The Labute approximate surface area is 97.9 Å². The van der Waals surface area contributed by atoms with Crippen LogP contribution in [-0.2, 0) is 6.54 Å². The van der Waals surface area contributed by atoms with Gasteiger partial charge in [-0.3, -0.25) is 4.98 Å². The van der Waals surface area contributed by atoms with Crippen molar-refractivity contribution in [3.63, 3.8) is 0 Å². The third kappa shape index (κ3) is 2.34. The number of pyridine rings is 1. The van der Waals surface area contributed by atoms with Crippen molar-refractivity contribution >= 4 is 23.9 Å². The molecule has 16 heavy (non-hydrogen) atoms. The fourth-order valence-corrected chi connectivity index (χ4v) is 1.24. The summed E-state index contributed by atoms with van der Waals surface area (Å²) in [6.45, 7) is 0.504. The summed E-state index contributed by atoms with van der Waals surface area (Å²) in [5.74, 6) is 0.279. The van der Waals surface area contributed by atoms with E-state index >= 15 is 0 Å². The van der Waals surface area contributed by atoms with Crippen molar-refractivity contribution in [2.75, 3.05) is 5.73 Å². The molecule has 2 aromatic rings. The van der Waals surface area contributed by atoms with Crippen LogP contribution in [0.25, 0.3) is 0 Å². The number of halogens is 1. The van der Waals surface area contributed by atoms with Gasteiger partial charge in [-0.2, -0.15) is 5.10 Å². The molecule has 0 atom stereocenters. The first kappa shape index (κ1) is 12.1. The van der Waals surface area contributed by atoms with Crippen LogP contribution in [-0.4, -0.2) is 14.8 Å². The number of aromatic nitrogens is 3. The van der Waals surface area contributed by atoms with Crippen LogP contribution in [0.3, 0.4) is 0 Å². The van der Waals surface area contributed by atoms with Gasteiger partial charge in [-0.05, 0) is 22.9 Å². The molecule has 0 radical (unpaired) electrons. The van der Waals surface area contributed by atoms with Crippen LogP contribution in [0.1, 0.15) is 5.56 Å². The van der Waals surface area contributed by atoms with Gasteiger partial charge in [-0.25, -0.2) is 4.68 Å². The molecule has 7 heteroatoms. The Morgan fingerprint density at radius 3 is 2.62 bits per heavy atom. The average molecular weight is 240 g/mol. The van der Waals surface area contributed by atoms with Gasteiger partial charge in [0.25, 0.3) is 0 Å². The smallest absolute Gasteiger partial charge is 0.169 e. The first-order chi connectivity index (χ1) is 7.31. The highest BCUT2D eigenvalue weighted by Crippen LogP contribution is 2.20. The van der Waals surface area contributed by atoms with Crippen LogP contribution in [0.2, 0.25) is 0 Å². The summed E-state index contributed by atoms with van der Waals surface area (Å²) in [5.41, 5.74) is 6.83. The van der Waals surface area contributed by atoms with Crippen LogP contribution in [0, 0.1) is 4.91 Å². The van der Waals surface area contributed by atoms with Gasteiger partial charge in [0, 0.05) is 12.4 Å². The summed E-state index contributed by atoms with van der Waals surface area (Å²) >= 11 is 0. The minimum Gasteiger partial charge on any atom is -0.382 e. The first-order valence-corrected chi connectivity index (χ1v) is 4.35. The quantitative estimate of drug-likeness (QED) is 0.827. The fourth-order valence-electron chi connectivity index (χ4n) is 1.24. The largest absolute Gasteiger partial charge is 0.382 e. The monoisotopic (exact) mass is 239 g/mol. The molecule has 0 amide bonds. The van der Waals surface area contributed by atoms with Gasteiger partial charge in [0.05, 0.1) is 12.7 Å². The van der Waals surface area contributed by atoms with Crippen LogP contribution in [0.5, 0.6) is 0 Å². The molecule has 6 nitrogen and oxygen atoms in total. The summed E-state index contributed by atoms with van der Waals surface area (Å²) in [5, 5.41) is 6.72. The predicted octanol–water partition coefficient (Wildman–Crippen LogP) is 1.73. The van der Waals surface area contributed by atoms with Crippen LogP contribution >= 0.6 is 12.4 Å². The Bertz CT molecular complexity index is 470. The topological polar surface area (TPSA) is 86.2 Å². The van der Waals surface area contributed by atoms with Crippen molar-refractivity contribution in [3.05, 3.63) is 41.2 Å². The molecule has 0 aromatic carbocycles. The molecule has 84 valence electrons. The first-order valence-electron chi connectivity index (χ1n) is 4.35. The molecule has 0 spiro atoms. The van der Waals surface area contributed by atoms with Crippen molar-refractivity contribution in [2.24, 2.45) is 5.18 Å². The fraction of sp³-hybridized carbons (Fsp3) is 0.111. The van der Waals surface area contributed by atoms with E-state index in [2.05, 4.69) is 15.3 Å². The highest BCUT2D eigenvalue weighted by molar-refractivity contribution is 5.85. The molecule has 0 fully saturated rings. The minimum atomic E-state index is 0. The second-order valence-corrected chi connectivity index (χ2v) is 3.02. The standard InChI is InChI=1S/C9H9N5O.ClH/c10-9-8(13-15)5-12-14(9)6-7-1-3-11-4-2-7;/h1-5H,6,10H2;1H. The predicted molar refractivity (Wildman–Crippen MR) is 62.7 cm³/mol. The lowest BCUT2D eigenvalue weighted by Crippen LogP contribution is -2.05. The van der Waals surface area contributed by atoms with Crippen molar-refractivity contribution in [1.82, 2.24) is 14.8 Å². The molecule has 0 bridgehead atoms. The summed E-state index contributed by atoms with van der Waals surface area (Å²) < 4.78 is 1.52. The maximum atomic E-state index is 10.3. The molecule has 0 unspecified atom stereocenters. The highest BCUT2D eigenvalue weighted by Gasteiger charge is 2.07. The molecule has 2 N–H and O–H groups in total. The molecule has 0 aliphatic rings. The molecule has 0 aliphatic heterocycles. The Hall–Kier alpha value is -1.95. The van der Waals surface area contributed by atoms with E-state index in [0.717, 1.165) is 5.56 Å². The second-order valence-electron chi connectivity index (χ2n) is 3.02. The number of nitrogens with zero attached hydrogens (tertiary/aromatic N) is 4. The van der Waals surface area contributed by atoms with Crippen molar-refractivity contribution in [1.29, 1.82) is 0 Å². The second kappa shape index (κ2) is 5.22. The number of anilines is 1. The maximum absolute atomic E-state index is 10.3. The molecular weight excluding hydrogens is 230 g/mol. The zero-order valence-corrected chi connectivity index (χ0v) is 9.09. The summed E-state index contributed by atoms with van der Waals surface area (Å²) in [6.07, 6.45) is 4.73. The molecule has 0 saturated carbocycles. The molecule has 2 aromatic heterocycles. The van der Waals surface area contributed by atoms with E-state index in [-0.39, 0.29) is 23.9 Å². The molecule has 0 saturated heterocycles. The normalized spacial score (nSPS) is 9.50. The number of nitroso groups, excluding NO2 is 1. The Morgan fingerprint density at radius 1 is 1.38 bits per heavy atom. The zero-order chi connectivity index (χ0) is 10.7. The average Bonchev–Trinajstić information content (AvgIpc) is 2.62. The Morgan fingerprint density at radius 2 is 2.06 bits per heavy atom. The van der Waals surface area contributed by atoms with Crippen LogP contribution in [0.4, 0.5) is 11.5 Å². The van der Waals surface area contributed by atoms with Crippen molar-refractivity contribution < 1.29 is 0 Å². The highest BCUT2D eigenvalue weighted by atomic mass is 35.5. The lowest BCUT2D eigenvalue weighted by Gasteiger charge is -2.03. The van der Waals surface area contributed by atoms with E-state index in [0.29, 0.717) is 6.54 Å². The van der Waals surface area contributed by atoms with Gasteiger partial charge in [0.1, 0.15) is 0 Å². The molecule has 2 rings (SSSR count). The third-order valence-electron chi connectivity index (χ3n) is 2.04. The molecule has 0 aliphatic carbocycles. The number of nitrogens with two attached hydrogens (primary N) is 1.